The molecule has 2 aromatic rings. The van der Waals surface area contributed by atoms with Gasteiger partial charge < -0.3 is 9.14 Å². The number of methoxy groups -OCH3 is 1. The molecule has 0 fully saturated rings. The van der Waals surface area contributed by atoms with Gasteiger partial charge in [-0.05, 0) is 34.7 Å². The molecule has 0 aliphatic rings. The summed E-state index contributed by atoms with van der Waals surface area (Å²) in [7, 11) is 1.38. The second-order valence-corrected chi connectivity index (χ2v) is 4.23. The second kappa shape index (κ2) is 4.18. The molecule has 0 unspecified atom stereocenters. The summed E-state index contributed by atoms with van der Waals surface area (Å²) in [5, 5.41) is 0. The van der Waals surface area contributed by atoms with Crippen LogP contribution in [0.3, 0.4) is 0 Å². The molecule has 2 rings (SSSR count). The average Bonchev–Trinajstić information content (AvgIpc) is 2.62. The molecule has 0 atom stereocenters. The number of esters is 1. The van der Waals surface area contributed by atoms with E-state index < -0.39 is 0 Å². The molecule has 2 heterocycles. The molecule has 5 heteroatoms. The molecule has 78 valence electrons. The number of nitrogens with zero attached hydrogens (tertiary/aromatic N) is 2. The van der Waals surface area contributed by atoms with Crippen LogP contribution in [0.15, 0.2) is 24.5 Å². The van der Waals surface area contributed by atoms with E-state index in [1.54, 1.807) is 0 Å². The number of aromatic nitrogens is 2. The molecule has 0 amide bonds. The molecule has 0 N–H and O–H groups in total. The van der Waals surface area contributed by atoms with Gasteiger partial charge >= 0.3 is 5.97 Å². The van der Waals surface area contributed by atoms with Crippen molar-refractivity contribution in [1.82, 2.24) is 9.38 Å². The third-order valence-electron chi connectivity index (χ3n) is 2.04. The first-order valence-corrected chi connectivity index (χ1v) is 5.47. The Hall–Kier alpha value is -1.11. The number of imidazole rings is 1. The lowest BCUT2D eigenvalue weighted by Gasteiger charge is -1.93. The van der Waals surface area contributed by atoms with E-state index in [0.717, 1.165) is 14.9 Å². The zero-order valence-corrected chi connectivity index (χ0v) is 10.3. The minimum Gasteiger partial charge on any atom is -0.469 e. The molecular formula is C10H9IN2O2. The van der Waals surface area contributed by atoms with Gasteiger partial charge in [0.05, 0.1) is 22.8 Å². The Morgan fingerprint density at radius 3 is 3.13 bits per heavy atom. The Balaban J connectivity index is 2.39. The predicted molar refractivity (Wildman–Crippen MR) is 63.6 cm³/mol. The van der Waals surface area contributed by atoms with Gasteiger partial charge in [-0.2, -0.15) is 0 Å². The number of hydrogen-bond acceptors (Lipinski definition) is 3. The summed E-state index contributed by atoms with van der Waals surface area (Å²) in [4.78, 5) is 15.4. The number of fused-ring (bicyclic) bond motifs is 1. The zero-order chi connectivity index (χ0) is 10.8. The van der Waals surface area contributed by atoms with E-state index in [1.165, 1.54) is 7.11 Å². The van der Waals surface area contributed by atoms with E-state index in [9.17, 15) is 4.79 Å². The highest BCUT2D eigenvalue weighted by Crippen LogP contribution is 2.13. The van der Waals surface area contributed by atoms with Gasteiger partial charge in [-0.15, -0.1) is 0 Å². The van der Waals surface area contributed by atoms with E-state index in [2.05, 4.69) is 32.3 Å². The van der Waals surface area contributed by atoms with E-state index in [0.29, 0.717) is 0 Å². The van der Waals surface area contributed by atoms with Crippen LogP contribution in [0.2, 0.25) is 0 Å². The summed E-state index contributed by atoms with van der Waals surface area (Å²) in [6.45, 7) is 0. The Bertz CT molecular complexity index is 507. The maximum atomic E-state index is 11.1. The fourth-order valence-electron chi connectivity index (χ4n) is 1.33. The summed E-state index contributed by atoms with van der Waals surface area (Å²) in [6, 6.07) is 3.92. The fourth-order valence-corrected chi connectivity index (χ4v) is 1.94. The first-order chi connectivity index (χ1) is 7.20. The van der Waals surface area contributed by atoms with Crippen LogP contribution in [0.5, 0.6) is 0 Å². The number of carbonyl (C=O) groups is 1. The monoisotopic (exact) mass is 316 g/mol. The molecule has 0 saturated heterocycles. The molecule has 4 nitrogen and oxygen atoms in total. The van der Waals surface area contributed by atoms with E-state index in [-0.39, 0.29) is 12.4 Å². The smallest absolute Gasteiger partial charge is 0.311 e. The highest BCUT2D eigenvalue weighted by Gasteiger charge is 2.08. The molecule has 0 aromatic carbocycles. The van der Waals surface area contributed by atoms with Gasteiger partial charge in [0.2, 0.25) is 0 Å². The van der Waals surface area contributed by atoms with Gasteiger partial charge in [-0.25, -0.2) is 4.98 Å². The van der Waals surface area contributed by atoms with Crippen molar-refractivity contribution in [2.75, 3.05) is 7.11 Å². The van der Waals surface area contributed by atoms with Crippen molar-refractivity contribution in [3.05, 3.63) is 33.8 Å². The van der Waals surface area contributed by atoms with E-state index in [4.69, 9.17) is 0 Å². The third kappa shape index (κ3) is 2.11. The molecule has 0 aliphatic carbocycles. The highest BCUT2D eigenvalue weighted by molar-refractivity contribution is 14.1. The molecule has 0 aliphatic heterocycles. The van der Waals surface area contributed by atoms with Crippen LogP contribution >= 0.6 is 22.6 Å². The third-order valence-corrected chi connectivity index (χ3v) is 2.88. The molecule has 0 saturated carbocycles. The molecule has 15 heavy (non-hydrogen) atoms. The van der Waals surface area contributed by atoms with Crippen molar-refractivity contribution in [3.8, 4) is 0 Å². The number of halogens is 1. The number of hydrogen-bond donors (Lipinski definition) is 0. The molecule has 0 bridgehead atoms. The van der Waals surface area contributed by atoms with Crippen LogP contribution in [0.25, 0.3) is 5.65 Å². The minimum absolute atomic E-state index is 0.217. The second-order valence-electron chi connectivity index (χ2n) is 3.07. The lowest BCUT2D eigenvalue weighted by atomic mass is 10.3. The van der Waals surface area contributed by atoms with Crippen molar-refractivity contribution in [2.24, 2.45) is 0 Å². The lowest BCUT2D eigenvalue weighted by Crippen LogP contribution is -2.04. The van der Waals surface area contributed by atoms with Gasteiger partial charge in [0.15, 0.2) is 5.65 Å². The molecule has 0 spiro atoms. The van der Waals surface area contributed by atoms with Crippen LogP contribution in [-0.2, 0) is 16.0 Å². The lowest BCUT2D eigenvalue weighted by molar-refractivity contribution is -0.139. The summed E-state index contributed by atoms with van der Waals surface area (Å²) in [5.41, 5.74) is 1.60. The first-order valence-electron chi connectivity index (χ1n) is 4.39. The highest BCUT2D eigenvalue weighted by atomic mass is 127. The van der Waals surface area contributed by atoms with Gasteiger partial charge in [0, 0.05) is 12.4 Å². The van der Waals surface area contributed by atoms with Crippen LogP contribution in [0, 0.1) is 3.57 Å². The van der Waals surface area contributed by atoms with Gasteiger partial charge in [0.25, 0.3) is 0 Å². The maximum absolute atomic E-state index is 11.1. The number of ether oxygens (including phenoxy) is 1. The summed E-state index contributed by atoms with van der Waals surface area (Å²) >= 11 is 2.21. The predicted octanol–water partition coefficient (Wildman–Crippen LogP) is 1.65. The van der Waals surface area contributed by atoms with Crippen molar-refractivity contribution < 1.29 is 9.53 Å². The maximum Gasteiger partial charge on any atom is 0.311 e. The zero-order valence-electron chi connectivity index (χ0n) is 8.11. The standard InChI is InChI=1S/C10H9IN2O2/c1-15-9(14)5-7-6-13-4-2-3-8(11)10(13)12-7/h2-4,6H,5H2,1H3. The number of carbonyl (C=O) groups excluding carboxylic acids is 1. The Morgan fingerprint density at radius 1 is 1.67 bits per heavy atom. The van der Waals surface area contributed by atoms with Crippen LogP contribution in [0.4, 0.5) is 0 Å². The minimum atomic E-state index is -0.270. The Labute approximate surface area is 100 Å². The Morgan fingerprint density at radius 2 is 2.47 bits per heavy atom. The summed E-state index contributed by atoms with van der Waals surface area (Å²) < 4.78 is 7.55. The molecule has 0 radical (unpaired) electrons. The first kappa shape index (κ1) is 10.4. The topological polar surface area (TPSA) is 43.6 Å². The summed E-state index contributed by atoms with van der Waals surface area (Å²) in [5.74, 6) is -0.270. The SMILES string of the molecule is COC(=O)Cc1cn2cccc(I)c2n1. The van der Waals surface area contributed by atoms with Crippen molar-refractivity contribution in [1.29, 1.82) is 0 Å². The fraction of sp³-hybridized carbons (Fsp3) is 0.200. The van der Waals surface area contributed by atoms with Crippen molar-refractivity contribution in [3.63, 3.8) is 0 Å². The van der Waals surface area contributed by atoms with Gasteiger partial charge in [-0.1, -0.05) is 0 Å². The van der Waals surface area contributed by atoms with Crippen molar-refractivity contribution in [2.45, 2.75) is 6.42 Å². The number of rotatable bonds is 2. The van der Waals surface area contributed by atoms with Crippen LogP contribution in [0.1, 0.15) is 5.69 Å². The van der Waals surface area contributed by atoms with Crippen LogP contribution in [-0.4, -0.2) is 22.5 Å². The summed E-state index contributed by atoms with van der Waals surface area (Å²) in [6.07, 6.45) is 3.97. The van der Waals surface area contributed by atoms with Gasteiger partial charge in [0.1, 0.15) is 0 Å². The van der Waals surface area contributed by atoms with Gasteiger partial charge in [-0.3, -0.25) is 4.79 Å². The molecular weight excluding hydrogens is 307 g/mol. The van der Waals surface area contributed by atoms with Crippen molar-refractivity contribution >= 4 is 34.2 Å². The normalized spacial score (nSPS) is 10.5. The Kier molecular flexibility index (Phi) is 2.90. The quantitative estimate of drug-likeness (QED) is 0.625. The largest absolute Gasteiger partial charge is 0.469 e. The molecule has 2 aromatic heterocycles. The average molecular weight is 316 g/mol. The van der Waals surface area contributed by atoms with E-state index in [1.807, 2.05) is 28.9 Å². The van der Waals surface area contributed by atoms with Crippen LogP contribution < -0.4 is 0 Å². The number of pyridine rings is 1. The van der Waals surface area contributed by atoms with E-state index >= 15 is 0 Å².